The normalized spacial score (nSPS) is 20.5. The van der Waals surface area contributed by atoms with E-state index in [1.54, 1.807) is 5.51 Å². The molecule has 0 bridgehead atoms. The van der Waals surface area contributed by atoms with Gasteiger partial charge < -0.3 is 19.9 Å². The second kappa shape index (κ2) is 7.68. The third kappa shape index (κ3) is 3.35. The zero-order chi connectivity index (χ0) is 23.7. The van der Waals surface area contributed by atoms with Crippen molar-refractivity contribution in [2.24, 2.45) is 0 Å². The van der Waals surface area contributed by atoms with E-state index in [9.17, 15) is 9.59 Å². The smallest absolute Gasteiger partial charge is 0.272 e. The maximum absolute atomic E-state index is 13.3. The number of H-pyrrole nitrogens is 1. The van der Waals surface area contributed by atoms with E-state index >= 15 is 0 Å². The van der Waals surface area contributed by atoms with Gasteiger partial charge in [0.2, 0.25) is 0 Å². The minimum absolute atomic E-state index is 0.0210. The van der Waals surface area contributed by atoms with Gasteiger partial charge in [-0.05, 0) is 43.5 Å². The van der Waals surface area contributed by atoms with Crippen LogP contribution >= 0.6 is 11.3 Å². The molecule has 1 aliphatic carbocycles. The van der Waals surface area contributed by atoms with Crippen LogP contribution in [0.3, 0.4) is 0 Å². The van der Waals surface area contributed by atoms with Gasteiger partial charge in [0.1, 0.15) is 22.4 Å². The Bertz CT molecular complexity index is 1500. The molecule has 7 nitrogen and oxygen atoms in total. The molecule has 2 amide bonds. The Balaban J connectivity index is 1.14. The van der Waals surface area contributed by atoms with Gasteiger partial charge in [0.15, 0.2) is 0 Å². The molecule has 2 atom stereocenters. The predicted molar refractivity (Wildman–Crippen MR) is 135 cm³/mol. The van der Waals surface area contributed by atoms with Gasteiger partial charge in [0.05, 0.1) is 17.7 Å². The average Bonchev–Trinajstić information content (AvgIpc) is 3.22. The van der Waals surface area contributed by atoms with E-state index in [-0.39, 0.29) is 23.8 Å². The van der Waals surface area contributed by atoms with Crippen molar-refractivity contribution < 1.29 is 14.3 Å². The highest BCUT2D eigenvalue weighted by Gasteiger charge is 2.46. The lowest BCUT2D eigenvalue weighted by molar-refractivity contribution is 0.0774. The van der Waals surface area contributed by atoms with Crippen molar-refractivity contribution in [3.8, 4) is 5.75 Å². The summed E-state index contributed by atoms with van der Waals surface area (Å²) in [5, 5.41) is 4.10. The third-order valence-electron chi connectivity index (χ3n) is 7.38. The number of hydrogen-bond acceptors (Lipinski definition) is 5. The van der Waals surface area contributed by atoms with Crippen LogP contribution in [0, 0.1) is 6.92 Å². The summed E-state index contributed by atoms with van der Waals surface area (Å²) in [7, 11) is 0. The first-order valence-corrected chi connectivity index (χ1v) is 12.9. The van der Waals surface area contributed by atoms with E-state index in [2.05, 4.69) is 15.3 Å². The van der Waals surface area contributed by atoms with E-state index < -0.39 is 0 Å². The number of aromatic amines is 1. The van der Waals surface area contributed by atoms with Crippen LogP contribution in [0.25, 0.3) is 10.9 Å². The molecule has 7 rings (SSSR count). The summed E-state index contributed by atoms with van der Waals surface area (Å²) >= 11 is 1.43. The number of fused-ring (bicyclic) bond motifs is 4. The lowest BCUT2D eigenvalue weighted by Gasteiger charge is -2.18. The second-order valence-electron chi connectivity index (χ2n) is 9.71. The third-order valence-corrected chi connectivity index (χ3v) is 8.21. The second-order valence-corrected chi connectivity index (χ2v) is 10.6. The van der Waals surface area contributed by atoms with Crippen molar-refractivity contribution in [2.45, 2.75) is 37.7 Å². The molecular formula is C27H24N4O3S. The van der Waals surface area contributed by atoms with Crippen LogP contribution in [0.15, 0.2) is 48.0 Å². The van der Waals surface area contributed by atoms with Crippen molar-refractivity contribution in [2.75, 3.05) is 18.4 Å². The lowest BCUT2D eigenvalue weighted by atomic mass is 9.96. The van der Waals surface area contributed by atoms with Gasteiger partial charge in [-0.15, -0.1) is 11.3 Å². The minimum atomic E-state index is -0.192. The number of anilines is 1. The van der Waals surface area contributed by atoms with Gasteiger partial charge in [0, 0.05) is 40.5 Å². The molecule has 8 heteroatoms. The summed E-state index contributed by atoms with van der Waals surface area (Å²) < 4.78 is 6.25. The number of carbonyl (C=O) groups excluding carboxylic acids is 2. The number of para-hydroxylation sites is 1. The van der Waals surface area contributed by atoms with Crippen LogP contribution in [0.4, 0.5) is 5.69 Å². The summed E-state index contributed by atoms with van der Waals surface area (Å²) in [6.07, 6.45) is 2.12. The molecule has 2 fully saturated rings. The minimum Gasteiger partial charge on any atom is -0.487 e. The number of benzene rings is 2. The topological polar surface area (TPSA) is 87.3 Å². The Morgan fingerprint density at radius 2 is 2.03 bits per heavy atom. The number of likely N-dealkylation sites (tertiary alicyclic amines) is 1. The van der Waals surface area contributed by atoms with Crippen molar-refractivity contribution in [3.05, 3.63) is 75.4 Å². The molecule has 2 aliphatic heterocycles. The molecule has 2 unspecified atom stereocenters. The fraction of sp³-hybridized carbons (Fsp3) is 0.296. The molecule has 35 heavy (non-hydrogen) atoms. The number of carbonyl (C=O) groups is 2. The number of thiazole rings is 1. The first kappa shape index (κ1) is 20.7. The molecular weight excluding hydrogens is 460 g/mol. The van der Waals surface area contributed by atoms with Crippen LogP contribution < -0.4 is 10.1 Å². The highest BCUT2D eigenvalue weighted by atomic mass is 32.1. The van der Waals surface area contributed by atoms with Gasteiger partial charge in [-0.3, -0.25) is 9.59 Å². The Kier molecular flexibility index (Phi) is 4.54. The van der Waals surface area contributed by atoms with Crippen molar-refractivity contribution in [3.63, 3.8) is 0 Å². The summed E-state index contributed by atoms with van der Waals surface area (Å²) in [6, 6.07) is 13.6. The summed E-state index contributed by atoms with van der Waals surface area (Å²) in [5.74, 6) is 1.10. The standard InChI is InChI=1S/C27H24N4O3S/c1-14-4-2-5-16-10-19(29-23(14)16)26(32)30-18-6-3-7-20-22(18)17-11-31(12-21(17)34-20)27(33)25-24(15-8-9-15)28-13-35-25/h2-7,10,13,15,17,21,29H,8-9,11-12H2,1H3,(H,30,32). The van der Waals surface area contributed by atoms with Crippen molar-refractivity contribution >= 4 is 39.7 Å². The molecule has 2 N–H and O–H groups in total. The molecule has 2 aromatic heterocycles. The number of amides is 2. The van der Waals surface area contributed by atoms with E-state index in [0.29, 0.717) is 24.7 Å². The van der Waals surface area contributed by atoms with Gasteiger partial charge >= 0.3 is 0 Å². The van der Waals surface area contributed by atoms with Crippen molar-refractivity contribution in [1.29, 1.82) is 0 Å². The first-order chi connectivity index (χ1) is 17.1. The Hall–Kier alpha value is -3.65. The van der Waals surface area contributed by atoms with Crippen LogP contribution in [0.2, 0.25) is 0 Å². The number of ether oxygens (including phenoxy) is 1. The molecule has 3 aliphatic rings. The van der Waals surface area contributed by atoms with Gasteiger partial charge in [-0.2, -0.15) is 0 Å². The monoisotopic (exact) mass is 484 g/mol. The molecule has 4 aromatic rings. The molecule has 1 saturated carbocycles. The van der Waals surface area contributed by atoms with E-state index in [1.165, 1.54) is 11.3 Å². The summed E-state index contributed by atoms with van der Waals surface area (Å²) in [6.45, 7) is 3.13. The molecule has 1 saturated heterocycles. The number of rotatable bonds is 4. The number of aryl methyl sites for hydroxylation is 1. The SMILES string of the molecule is Cc1cccc2cc(C(=O)Nc3cccc4c3C3CN(C(=O)c5scnc5C5CC5)CC3O4)[nH]c12. The summed E-state index contributed by atoms with van der Waals surface area (Å²) in [4.78, 5) is 36.9. The molecule has 0 radical (unpaired) electrons. The van der Waals surface area contributed by atoms with Crippen LogP contribution in [0.1, 0.15) is 61.7 Å². The highest BCUT2D eigenvalue weighted by molar-refractivity contribution is 7.11. The Labute approximate surface area is 206 Å². The molecule has 2 aromatic carbocycles. The fourth-order valence-corrected chi connectivity index (χ4v) is 6.31. The van der Waals surface area contributed by atoms with Crippen LogP contribution in [-0.4, -0.2) is 45.9 Å². The lowest BCUT2D eigenvalue weighted by Crippen LogP contribution is -2.31. The average molecular weight is 485 g/mol. The van der Waals surface area contributed by atoms with E-state index in [4.69, 9.17) is 4.74 Å². The van der Waals surface area contributed by atoms with Gasteiger partial charge in [-0.25, -0.2) is 4.98 Å². The van der Waals surface area contributed by atoms with E-state index in [0.717, 1.165) is 56.9 Å². The van der Waals surface area contributed by atoms with Gasteiger partial charge in [0.25, 0.3) is 11.8 Å². The maximum atomic E-state index is 13.3. The zero-order valence-electron chi connectivity index (χ0n) is 19.2. The number of nitrogens with one attached hydrogen (secondary N) is 2. The highest BCUT2D eigenvalue weighted by Crippen LogP contribution is 2.47. The van der Waals surface area contributed by atoms with Gasteiger partial charge in [-0.1, -0.05) is 24.3 Å². The fourth-order valence-electron chi connectivity index (χ4n) is 5.46. The number of hydrogen-bond donors (Lipinski definition) is 2. The van der Waals surface area contributed by atoms with Crippen LogP contribution in [0.5, 0.6) is 5.75 Å². The van der Waals surface area contributed by atoms with Crippen LogP contribution in [-0.2, 0) is 0 Å². The molecule has 176 valence electrons. The van der Waals surface area contributed by atoms with E-state index in [1.807, 2.05) is 54.3 Å². The largest absolute Gasteiger partial charge is 0.487 e. The maximum Gasteiger partial charge on any atom is 0.272 e. The molecule has 0 spiro atoms. The summed E-state index contributed by atoms with van der Waals surface area (Å²) in [5.41, 5.74) is 7.03. The molecule has 4 heterocycles. The quantitative estimate of drug-likeness (QED) is 0.424. The first-order valence-electron chi connectivity index (χ1n) is 12.0. The Morgan fingerprint density at radius 3 is 2.86 bits per heavy atom. The Morgan fingerprint density at radius 1 is 1.17 bits per heavy atom. The predicted octanol–water partition coefficient (Wildman–Crippen LogP) is 5.06. The van der Waals surface area contributed by atoms with Crippen molar-refractivity contribution in [1.82, 2.24) is 14.9 Å². The number of aromatic nitrogens is 2. The zero-order valence-corrected chi connectivity index (χ0v) is 20.0. The number of nitrogens with zero attached hydrogens (tertiary/aromatic N) is 2.